The zero-order valence-electron chi connectivity index (χ0n) is 6.31. The summed E-state index contributed by atoms with van der Waals surface area (Å²) < 4.78 is 0. The Morgan fingerprint density at radius 2 is 1.83 bits per heavy atom. The summed E-state index contributed by atoms with van der Waals surface area (Å²) >= 11 is 0. The molecule has 0 aliphatic rings. The van der Waals surface area contributed by atoms with Gasteiger partial charge in [0.1, 0.15) is 6.20 Å². The van der Waals surface area contributed by atoms with Gasteiger partial charge in [0, 0.05) is 30.4 Å². The highest BCUT2D eigenvalue weighted by molar-refractivity contribution is 5.55. The Balaban J connectivity index is 2.46. The molecule has 0 aliphatic heterocycles. The molecular formula is C9H6N3. The summed E-state index contributed by atoms with van der Waals surface area (Å²) in [6.45, 7) is 0. The third-order valence-electron chi connectivity index (χ3n) is 1.47. The van der Waals surface area contributed by atoms with Crippen LogP contribution in [0.4, 0.5) is 0 Å². The summed E-state index contributed by atoms with van der Waals surface area (Å²) in [6, 6.07) is 3.75. The zero-order valence-corrected chi connectivity index (χ0v) is 6.31. The van der Waals surface area contributed by atoms with Crippen molar-refractivity contribution in [2.45, 2.75) is 0 Å². The predicted octanol–water partition coefficient (Wildman–Crippen LogP) is 1.34. The van der Waals surface area contributed by atoms with Crippen LogP contribution in [0, 0.1) is 6.20 Å². The van der Waals surface area contributed by atoms with E-state index in [1.54, 1.807) is 24.8 Å². The number of rotatable bonds is 1. The van der Waals surface area contributed by atoms with Gasteiger partial charge < -0.3 is 0 Å². The first kappa shape index (κ1) is 6.91. The Morgan fingerprint density at radius 1 is 1.00 bits per heavy atom. The number of hydrogen-bond donors (Lipinski definition) is 0. The maximum absolute atomic E-state index is 4.10. The third-order valence-corrected chi connectivity index (χ3v) is 1.47. The van der Waals surface area contributed by atoms with E-state index in [1.807, 2.05) is 12.1 Å². The molecule has 0 aliphatic carbocycles. The largest absolute Gasteiger partial charge is 0.265 e. The first-order valence-electron chi connectivity index (χ1n) is 3.56. The molecule has 2 heterocycles. The fourth-order valence-electron chi connectivity index (χ4n) is 0.917. The second-order valence-corrected chi connectivity index (χ2v) is 2.25. The lowest BCUT2D eigenvalue weighted by Crippen LogP contribution is -1.84. The van der Waals surface area contributed by atoms with Crippen LogP contribution < -0.4 is 0 Å². The van der Waals surface area contributed by atoms with Crippen LogP contribution in [0.15, 0.2) is 36.9 Å². The lowest BCUT2D eigenvalue weighted by molar-refractivity contribution is 1.19. The summed E-state index contributed by atoms with van der Waals surface area (Å²) in [6.07, 6.45) is 9.48. The van der Waals surface area contributed by atoms with E-state index in [9.17, 15) is 0 Å². The molecule has 0 bridgehead atoms. The van der Waals surface area contributed by atoms with Gasteiger partial charge in [-0.15, -0.1) is 0 Å². The van der Waals surface area contributed by atoms with E-state index >= 15 is 0 Å². The molecule has 0 amide bonds. The first-order chi connectivity index (χ1) is 5.97. The van der Waals surface area contributed by atoms with Gasteiger partial charge in [0.2, 0.25) is 0 Å². The van der Waals surface area contributed by atoms with Crippen molar-refractivity contribution >= 4 is 0 Å². The summed E-state index contributed by atoms with van der Waals surface area (Å²) in [5, 5.41) is 0. The van der Waals surface area contributed by atoms with Crippen molar-refractivity contribution in [3.63, 3.8) is 0 Å². The van der Waals surface area contributed by atoms with Crippen molar-refractivity contribution in [2.24, 2.45) is 0 Å². The van der Waals surface area contributed by atoms with Crippen LogP contribution in [-0.4, -0.2) is 15.0 Å². The van der Waals surface area contributed by atoms with Gasteiger partial charge >= 0.3 is 0 Å². The van der Waals surface area contributed by atoms with Crippen LogP contribution in [0.25, 0.3) is 11.3 Å². The fraction of sp³-hybridized carbons (Fsp3) is 0. The summed E-state index contributed by atoms with van der Waals surface area (Å²) in [5.41, 5.74) is 1.73. The van der Waals surface area contributed by atoms with E-state index in [0.29, 0.717) is 0 Å². The Labute approximate surface area is 70.1 Å². The Morgan fingerprint density at radius 3 is 2.50 bits per heavy atom. The smallest absolute Gasteiger partial charge is 0.117 e. The third kappa shape index (κ3) is 1.29. The molecule has 2 rings (SSSR count). The molecule has 57 valence electrons. The maximum atomic E-state index is 4.10. The Hall–Kier alpha value is -1.77. The lowest BCUT2D eigenvalue weighted by Gasteiger charge is -1.95. The molecule has 0 fully saturated rings. The topological polar surface area (TPSA) is 38.7 Å². The van der Waals surface area contributed by atoms with Gasteiger partial charge in [0.05, 0.1) is 5.69 Å². The average Bonchev–Trinajstić information content (AvgIpc) is 2.21. The van der Waals surface area contributed by atoms with Crippen LogP contribution in [0.1, 0.15) is 0 Å². The molecule has 2 aromatic rings. The molecule has 12 heavy (non-hydrogen) atoms. The Kier molecular flexibility index (Phi) is 1.78. The minimum absolute atomic E-state index is 0.750. The maximum Gasteiger partial charge on any atom is 0.117 e. The predicted molar refractivity (Wildman–Crippen MR) is 44.1 cm³/mol. The molecule has 3 heteroatoms. The van der Waals surface area contributed by atoms with Crippen molar-refractivity contribution in [2.75, 3.05) is 0 Å². The number of aromatic nitrogens is 3. The van der Waals surface area contributed by atoms with Gasteiger partial charge in [-0.1, -0.05) is 0 Å². The van der Waals surface area contributed by atoms with E-state index in [0.717, 1.165) is 11.3 Å². The van der Waals surface area contributed by atoms with Crippen LogP contribution in [0.5, 0.6) is 0 Å². The molecule has 0 saturated heterocycles. The highest BCUT2D eigenvalue weighted by Gasteiger charge is 1.95. The van der Waals surface area contributed by atoms with E-state index in [2.05, 4.69) is 21.1 Å². The highest BCUT2D eigenvalue weighted by Crippen LogP contribution is 2.11. The van der Waals surface area contributed by atoms with Gasteiger partial charge in [-0.05, 0) is 12.1 Å². The van der Waals surface area contributed by atoms with E-state index in [-0.39, 0.29) is 0 Å². The molecule has 0 atom stereocenters. The van der Waals surface area contributed by atoms with E-state index in [1.165, 1.54) is 0 Å². The molecule has 1 radical (unpaired) electrons. The van der Waals surface area contributed by atoms with Crippen LogP contribution in [0.3, 0.4) is 0 Å². The molecule has 0 unspecified atom stereocenters. The minimum Gasteiger partial charge on any atom is -0.265 e. The summed E-state index contributed by atoms with van der Waals surface area (Å²) in [4.78, 5) is 11.9. The summed E-state index contributed by atoms with van der Waals surface area (Å²) in [5.74, 6) is 0. The fourth-order valence-corrected chi connectivity index (χ4v) is 0.917. The second kappa shape index (κ2) is 3.09. The summed E-state index contributed by atoms with van der Waals surface area (Å²) in [7, 11) is 0. The molecule has 0 spiro atoms. The Bertz CT molecular complexity index is 307. The monoisotopic (exact) mass is 156 g/mol. The van der Waals surface area contributed by atoms with Gasteiger partial charge in [-0.3, -0.25) is 15.0 Å². The van der Waals surface area contributed by atoms with Gasteiger partial charge in [-0.25, -0.2) is 0 Å². The van der Waals surface area contributed by atoms with Gasteiger partial charge in [-0.2, -0.15) is 0 Å². The van der Waals surface area contributed by atoms with E-state index < -0.39 is 0 Å². The quantitative estimate of drug-likeness (QED) is 0.625. The van der Waals surface area contributed by atoms with Crippen molar-refractivity contribution in [1.82, 2.24) is 15.0 Å². The lowest BCUT2D eigenvalue weighted by atomic mass is 10.2. The molecule has 0 saturated carbocycles. The van der Waals surface area contributed by atoms with Crippen LogP contribution in [0.2, 0.25) is 0 Å². The second-order valence-electron chi connectivity index (χ2n) is 2.25. The first-order valence-corrected chi connectivity index (χ1v) is 3.56. The number of pyridine rings is 1. The number of hydrogen-bond acceptors (Lipinski definition) is 3. The van der Waals surface area contributed by atoms with Gasteiger partial charge in [0.15, 0.2) is 0 Å². The normalized spacial score (nSPS) is 9.67. The molecular weight excluding hydrogens is 150 g/mol. The number of nitrogens with zero attached hydrogens (tertiary/aromatic N) is 3. The molecule has 0 aromatic carbocycles. The van der Waals surface area contributed by atoms with Crippen LogP contribution in [-0.2, 0) is 0 Å². The van der Waals surface area contributed by atoms with Crippen molar-refractivity contribution < 1.29 is 0 Å². The molecule has 2 aromatic heterocycles. The van der Waals surface area contributed by atoms with Gasteiger partial charge in [0.25, 0.3) is 0 Å². The van der Waals surface area contributed by atoms with Crippen molar-refractivity contribution in [3.05, 3.63) is 43.1 Å². The molecule has 3 nitrogen and oxygen atoms in total. The zero-order chi connectivity index (χ0) is 8.23. The molecule has 0 N–H and O–H groups in total. The van der Waals surface area contributed by atoms with Crippen molar-refractivity contribution in [3.8, 4) is 11.3 Å². The highest BCUT2D eigenvalue weighted by atomic mass is 14.8. The van der Waals surface area contributed by atoms with Crippen molar-refractivity contribution in [1.29, 1.82) is 0 Å². The van der Waals surface area contributed by atoms with Crippen LogP contribution >= 0.6 is 0 Å². The minimum atomic E-state index is 0.750. The standard InChI is InChI=1S/C9H6N3/c1-3-10-4-2-8(1)9-7-11-5-6-12-9/h1-6H. The average molecular weight is 156 g/mol. The SMILES string of the molecule is [c]1nccnc1-c1ccncc1. The van der Waals surface area contributed by atoms with E-state index in [4.69, 9.17) is 0 Å².